The number of hydrogen-bond acceptors (Lipinski definition) is 4. The first-order valence-electron chi connectivity index (χ1n) is 11.8. The number of rotatable bonds is 10. The zero-order valence-electron chi connectivity index (χ0n) is 22.5. The molecule has 0 saturated carbocycles. The zero-order valence-corrected chi connectivity index (χ0v) is 22.5. The lowest BCUT2D eigenvalue weighted by Crippen LogP contribution is -2.61. The van der Waals surface area contributed by atoms with Crippen molar-refractivity contribution in [3.8, 4) is 0 Å². The second kappa shape index (κ2) is 11.6. The lowest BCUT2D eigenvalue weighted by Gasteiger charge is -2.40. The monoisotopic (exact) mass is 472 g/mol. The van der Waals surface area contributed by atoms with Crippen molar-refractivity contribution in [1.82, 2.24) is 15.5 Å². The minimum absolute atomic E-state index is 0.0432. The molecule has 0 radical (unpaired) electrons. The molecule has 34 heavy (non-hydrogen) atoms. The molecule has 3 atom stereocenters. The summed E-state index contributed by atoms with van der Waals surface area (Å²) in [6, 6.07) is 8.17. The fraction of sp³-hybridized carbons (Fsp3) is 0.593. The molecule has 3 amide bonds. The highest BCUT2D eigenvalue weighted by molar-refractivity contribution is 5.92. The number of likely N-dealkylation sites (N-methyl/N-ethyl adjacent to an activating group) is 2. The van der Waals surface area contributed by atoms with Crippen LogP contribution in [0.4, 0.5) is 0 Å². The van der Waals surface area contributed by atoms with Crippen molar-refractivity contribution in [1.29, 1.82) is 0 Å². The third-order valence-corrected chi connectivity index (χ3v) is 6.48. The van der Waals surface area contributed by atoms with Gasteiger partial charge in [0.1, 0.15) is 6.04 Å². The molecule has 0 aliphatic carbocycles. The third kappa shape index (κ3) is 7.16. The molecular formula is C27H44N4O3. The Balaban J connectivity index is 3.29. The molecule has 190 valence electrons. The van der Waals surface area contributed by atoms with Crippen molar-refractivity contribution in [3.05, 3.63) is 47.5 Å². The van der Waals surface area contributed by atoms with Crippen LogP contribution in [0.1, 0.15) is 61.0 Å². The van der Waals surface area contributed by atoms with Gasteiger partial charge in [-0.05, 0) is 30.9 Å². The van der Waals surface area contributed by atoms with Gasteiger partial charge in [-0.2, -0.15) is 0 Å². The van der Waals surface area contributed by atoms with Gasteiger partial charge in [-0.15, -0.1) is 0 Å². The van der Waals surface area contributed by atoms with Gasteiger partial charge in [-0.3, -0.25) is 14.4 Å². The second-order valence-corrected chi connectivity index (χ2v) is 11.0. The number of nitrogens with one attached hydrogen (secondary N) is 2. The summed E-state index contributed by atoms with van der Waals surface area (Å²) in [6.45, 7) is 15.4. The summed E-state index contributed by atoms with van der Waals surface area (Å²) in [5.41, 5.74) is 5.78. The first kappa shape index (κ1) is 29.4. The summed E-state index contributed by atoms with van der Waals surface area (Å²) in [6.07, 6.45) is 1.72. The first-order valence-corrected chi connectivity index (χ1v) is 11.8. The molecule has 0 heterocycles. The van der Waals surface area contributed by atoms with Crippen LogP contribution in [0.3, 0.4) is 0 Å². The molecule has 0 aromatic heterocycles. The third-order valence-electron chi connectivity index (χ3n) is 6.48. The summed E-state index contributed by atoms with van der Waals surface area (Å²) in [5.74, 6) is -0.947. The van der Waals surface area contributed by atoms with E-state index < -0.39 is 28.8 Å². The zero-order chi connectivity index (χ0) is 26.4. The Morgan fingerprint density at radius 3 is 1.94 bits per heavy atom. The number of primary amides is 1. The van der Waals surface area contributed by atoms with Gasteiger partial charge in [0.25, 0.3) is 0 Å². The van der Waals surface area contributed by atoms with Crippen LogP contribution in [0.25, 0.3) is 0 Å². The smallest absolute Gasteiger partial charge is 0.245 e. The highest BCUT2D eigenvalue weighted by atomic mass is 16.2. The lowest BCUT2D eigenvalue weighted by molar-refractivity contribution is -0.140. The molecule has 0 aliphatic heterocycles. The number of carbonyl (C=O) groups is 3. The molecule has 0 fully saturated rings. The van der Waals surface area contributed by atoms with Gasteiger partial charge >= 0.3 is 0 Å². The predicted molar refractivity (Wildman–Crippen MR) is 138 cm³/mol. The highest BCUT2D eigenvalue weighted by Gasteiger charge is 2.41. The fourth-order valence-corrected chi connectivity index (χ4v) is 4.17. The van der Waals surface area contributed by atoms with E-state index in [9.17, 15) is 14.4 Å². The molecule has 0 bridgehead atoms. The van der Waals surface area contributed by atoms with Gasteiger partial charge in [-0.1, -0.05) is 84.9 Å². The maximum atomic E-state index is 13.7. The van der Waals surface area contributed by atoms with Crippen LogP contribution in [0.5, 0.6) is 0 Å². The molecular weight excluding hydrogens is 428 g/mol. The first-order chi connectivity index (χ1) is 15.5. The van der Waals surface area contributed by atoms with E-state index in [0.717, 1.165) is 5.56 Å². The van der Waals surface area contributed by atoms with E-state index in [2.05, 4.69) is 10.6 Å². The molecule has 1 aromatic rings. The van der Waals surface area contributed by atoms with E-state index in [0.29, 0.717) is 5.57 Å². The Kier molecular flexibility index (Phi) is 10.1. The van der Waals surface area contributed by atoms with Crippen molar-refractivity contribution in [2.24, 2.45) is 17.1 Å². The average Bonchev–Trinajstić information content (AvgIpc) is 2.74. The van der Waals surface area contributed by atoms with Crippen LogP contribution < -0.4 is 16.4 Å². The largest absolute Gasteiger partial charge is 0.366 e. The molecule has 1 aromatic carbocycles. The Hall–Kier alpha value is -2.67. The molecule has 0 saturated heterocycles. The summed E-state index contributed by atoms with van der Waals surface area (Å²) in [4.78, 5) is 40.4. The molecule has 7 nitrogen and oxygen atoms in total. The lowest BCUT2D eigenvalue weighted by atomic mass is 9.76. The predicted octanol–water partition coefficient (Wildman–Crippen LogP) is 3.00. The topological polar surface area (TPSA) is 105 Å². The maximum absolute atomic E-state index is 13.7. The molecule has 1 unspecified atom stereocenters. The average molecular weight is 473 g/mol. The number of nitrogens with zero attached hydrogens (tertiary/aromatic N) is 1. The van der Waals surface area contributed by atoms with Gasteiger partial charge in [0, 0.05) is 18.0 Å². The normalized spacial score (nSPS) is 15.4. The summed E-state index contributed by atoms with van der Waals surface area (Å²) in [5, 5.41) is 6.18. The van der Waals surface area contributed by atoms with E-state index in [-0.39, 0.29) is 23.8 Å². The molecule has 0 aliphatic rings. The van der Waals surface area contributed by atoms with Gasteiger partial charge in [0.2, 0.25) is 17.7 Å². The number of amides is 3. The van der Waals surface area contributed by atoms with E-state index in [4.69, 9.17) is 5.73 Å². The van der Waals surface area contributed by atoms with Crippen LogP contribution in [0.15, 0.2) is 42.0 Å². The quantitative estimate of drug-likeness (QED) is 0.455. The Labute approximate surface area is 205 Å². The van der Waals surface area contributed by atoms with Crippen molar-refractivity contribution < 1.29 is 14.4 Å². The second-order valence-electron chi connectivity index (χ2n) is 11.0. The molecule has 0 spiro atoms. The fourth-order valence-electron chi connectivity index (χ4n) is 4.17. The van der Waals surface area contributed by atoms with Crippen molar-refractivity contribution >= 4 is 17.7 Å². The van der Waals surface area contributed by atoms with E-state index in [1.165, 1.54) is 0 Å². The van der Waals surface area contributed by atoms with Crippen LogP contribution in [0.2, 0.25) is 0 Å². The molecule has 1 rings (SSSR count). The molecule has 4 N–H and O–H groups in total. The Bertz CT molecular complexity index is 885. The van der Waals surface area contributed by atoms with Crippen LogP contribution in [-0.2, 0) is 19.8 Å². The number of nitrogens with two attached hydrogens (primary N) is 1. The Morgan fingerprint density at radius 1 is 1.00 bits per heavy atom. The van der Waals surface area contributed by atoms with Gasteiger partial charge in [0.15, 0.2) is 0 Å². The number of hydrogen-bond donors (Lipinski definition) is 3. The van der Waals surface area contributed by atoms with Gasteiger partial charge < -0.3 is 21.3 Å². The molecule has 7 heteroatoms. The summed E-state index contributed by atoms with van der Waals surface area (Å²) in [7, 11) is 3.45. The van der Waals surface area contributed by atoms with E-state index in [1.54, 1.807) is 32.0 Å². The van der Waals surface area contributed by atoms with Crippen LogP contribution in [-0.4, -0.2) is 54.8 Å². The standard InChI is InChI=1S/C27H44N4O3/c1-17(2)20(16-18(3)23(28)32)31(10)25(34)22(26(4,5)6)30-24(33)21(29-9)27(7,8)19-14-12-11-13-15-19/h11-17,20-22,29H,1-10H3,(H2,28,32)(H,30,33)/t20-,21+,22?/m1/s1. The van der Waals surface area contributed by atoms with Crippen molar-refractivity contribution in [3.63, 3.8) is 0 Å². The van der Waals surface area contributed by atoms with Crippen LogP contribution >= 0.6 is 0 Å². The number of carbonyl (C=O) groups excluding carboxylic acids is 3. The van der Waals surface area contributed by atoms with Crippen LogP contribution in [0, 0.1) is 11.3 Å². The van der Waals surface area contributed by atoms with E-state index >= 15 is 0 Å². The minimum Gasteiger partial charge on any atom is -0.366 e. The minimum atomic E-state index is -0.768. The highest BCUT2D eigenvalue weighted by Crippen LogP contribution is 2.29. The summed E-state index contributed by atoms with van der Waals surface area (Å²) < 4.78 is 0. The van der Waals surface area contributed by atoms with Gasteiger partial charge in [0.05, 0.1) is 12.1 Å². The maximum Gasteiger partial charge on any atom is 0.245 e. The number of benzene rings is 1. The Morgan fingerprint density at radius 2 is 1.53 bits per heavy atom. The van der Waals surface area contributed by atoms with Crippen molar-refractivity contribution in [2.75, 3.05) is 14.1 Å². The van der Waals surface area contributed by atoms with E-state index in [1.807, 2.05) is 78.8 Å². The van der Waals surface area contributed by atoms with Crippen molar-refractivity contribution in [2.45, 2.75) is 78.9 Å². The summed E-state index contributed by atoms with van der Waals surface area (Å²) >= 11 is 0. The van der Waals surface area contributed by atoms with Gasteiger partial charge in [-0.25, -0.2) is 0 Å². The SMILES string of the molecule is CN[C@@H](C(=O)NC(C(=O)N(C)[C@H](C=C(C)C(N)=O)C(C)C)C(C)(C)C)C(C)(C)c1ccccc1.